The Morgan fingerprint density at radius 2 is 1.64 bits per heavy atom. The van der Waals surface area contributed by atoms with Gasteiger partial charge in [-0.2, -0.15) is 0 Å². The van der Waals surface area contributed by atoms with Crippen molar-refractivity contribution >= 4 is 11.7 Å². The molecule has 0 atom stereocenters. The van der Waals surface area contributed by atoms with Gasteiger partial charge in [-0.1, -0.05) is 27.7 Å². The number of hydrogen-bond donors (Lipinski definition) is 0. The molecule has 5 nitrogen and oxygen atoms in total. The Kier molecular flexibility index (Phi) is 7.49. The van der Waals surface area contributed by atoms with Crippen molar-refractivity contribution < 1.29 is 19.1 Å². The van der Waals surface area contributed by atoms with Crippen molar-refractivity contribution in [2.75, 3.05) is 40.0 Å². The van der Waals surface area contributed by atoms with Crippen LogP contribution in [0.4, 0.5) is 0 Å². The molecule has 5 heteroatoms. The third-order valence-corrected chi connectivity index (χ3v) is 4.50. The lowest BCUT2D eigenvalue weighted by Crippen LogP contribution is -2.38. The molecule has 22 heavy (non-hydrogen) atoms. The molecule has 0 unspecified atom stereocenters. The molecule has 1 saturated carbocycles. The number of ketones is 1. The summed E-state index contributed by atoms with van der Waals surface area (Å²) in [6.07, 6.45) is 2.01. The molecule has 0 N–H and O–H groups in total. The van der Waals surface area contributed by atoms with E-state index in [0.29, 0.717) is 32.3 Å². The van der Waals surface area contributed by atoms with Crippen LogP contribution in [0.1, 0.15) is 40.5 Å². The van der Waals surface area contributed by atoms with Crippen LogP contribution in [0.2, 0.25) is 0 Å². The molecule has 0 spiro atoms. The van der Waals surface area contributed by atoms with Gasteiger partial charge in [0.15, 0.2) is 5.78 Å². The zero-order valence-corrected chi connectivity index (χ0v) is 14.7. The van der Waals surface area contributed by atoms with Gasteiger partial charge < -0.3 is 14.4 Å². The molecule has 1 amide bonds. The van der Waals surface area contributed by atoms with Gasteiger partial charge in [-0.05, 0) is 18.8 Å². The summed E-state index contributed by atoms with van der Waals surface area (Å²) in [4.78, 5) is 25.5. The van der Waals surface area contributed by atoms with E-state index in [0.717, 1.165) is 12.8 Å². The van der Waals surface area contributed by atoms with Gasteiger partial charge in [0.25, 0.3) is 0 Å². The summed E-state index contributed by atoms with van der Waals surface area (Å²) < 4.78 is 10.7. The Hall–Kier alpha value is -0.940. The standard InChI is InChI=1S/C17H31NO4/c1-13(2)15(19)12-22-11-10-21-9-8-18(5)16(20)17(6-7-17)14(3)4/h13-14H,6-12H2,1-5H3. The predicted octanol–water partition coefficient (Wildman–Crippen LogP) is 2.14. The van der Waals surface area contributed by atoms with E-state index >= 15 is 0 Å². The second-order valence-corrected chi connectivity index (χ2v) is 6.82. The van der Waals surface area contributed by atoms with Crippen LogP contribution in [-0.4, -0.2) is 56.6 Å². The Labute approximate surface area is 134 Å². The highest BCUT2D eigenvalue weighted by molar-refractivity contribution is 5.85. The molecule has 0 saturated heterocycles. The molecule has 0 aromatic heterocycles. The van der Waals surface area contributed by atoms with Gasteiger partial charge in [-0.15, -0.1) is 0 Å². The largest absolute Gasteiger partial charge is 0.377 e. The minimum absolute atomic E-state index is 0.0104. The molecule has 0 aromatic rings. The molecule has 128 valence electrons. The summed E-state index contributed by atoms with van der Waals surface area (Å²) >= 11 is 0. The number of hydrogen-bond acceptors (Lipinski definition) is 4. The van der Waals surface area contributed by atoms with Gasteiger partial charge in [0.2, 0.25) is 5.91 Å². The second kappa shape index (κ2) is 8.63. The van der Waals surface area contributed by atoms with E-state index in [1.165, 1.54) is 0 Å². The van der Waals surface area contributed by atoms with E-state index in [1.54, 1.807) is 4.90 Å². The van der Waals surface area contributed by atoms with Crippen molar-refractivity contribution in [2.45, 2.75) is 40.5 Å². The molecule has 1 fully saturated rings. The monoisotopic (exact) mass is 313 g/mol. The summed E-state index contributed by atoms with van der Waals surface area (Å²) in [6, 6.07) is 0. The highest BCUT2D eigenvalue weighted by Gasteiger charge is 2.53. The Balaban J connectivity index is 2.07. The van der Waals surface area contributed by atoms with E-state index in [4.69, 9.17) is 9.47 Å². The van der Waals surface area contributed by atoms with Crippen molar-refractivity contribution in [3.8, 4) is 0 Å². The maximum atomic E-state index is 12.4. The van der Waals surface area contributed by atoms with E-state index in [2.05, 4.69) is 13.8 Å². The van der Waals surface area contributed by atoms with Crippen LogP contribution in [0.3, 0.4) is 0 Å². The van der Waals surface area contributed by atoms with Crippen molar-refractivity contribution in [2.24, 2.45) is 17.3 Å². The van der Waals surface area contributed by atoms with Crippen molar-refractivity contribution in [1.82, 2.24) is 4.90 Å². The molecule has 0 aromatic carbocycles. The number of carbonyl (C=O) groups is 2. The van der Waals surface area contributed by atoms with Gasteiger partial charge in [0, 0.05) is 19.5 Å². The minimum Gasteiger partial charge on any atom is -0.377 e. The van der Waals surface area contributed by atoms with E-state index < -0.39 is 0 Å². The lowest BCUT2D eigenvalue weighted by molar-refractivity contribution is -0.138. The first kappa shape index (κ1) is 19.1. The summed E-state index contributed by atoms with van der Waals surface area (Å²) in [7, 11) is 1.84. The summed E-state index contributed by atoms with van der Waals surface area (Å²) in [5.74, 6) is 0.755. The number of nitrogens with zero attached hydrogens (tertiary/aromatic N) is 1. The normalized spacial score (nSPS) is 16.1. The molecular formula is C17H31NO4. The lowest BCUT2D eigenvalue weighted by Gasteiger charge is -2.26. The van der Waals surface area contributed by atoms with Crippen LogP contribution < -0.4 is 0 Å². The zero-order valence-electron chi connectivity index (χ0n) is 14.7. The lowest BCUT2D eigenvalue weighted by atomic mass is 9.91. The predicted molar refractivity (Wildman–Crippen MR) is 85.6 cm³/mol. The molecule has 1 aliphatic rings. The SMILES string of the molecule is CC(C)C(=O)COCCOCCN(C)C(=O)C1(C(C)C)CC1. The van der Waals surface area contributed by atoms with Crippen LogP contribution >= 0.6 is 0 Å². The fourth-order valence-electron chi connectivity index (χ4n) is 2.42. The molecule has 0 radical (unpaired) electrons. The third kappa shape index (κ3) is 5.36. The van der Waals surface area contributed by atoms with Crippen LogP contribution in [0.15, 0.2) is 0 Å². The van der Waals surface area contributed by atoms with Gasteiger partial charge in [-0.25, -0.2) is 0 Å². The fraction of sp³-hybridized carbons (Fsp3) is 0.882. The number of likely N-dealkylation sites (N-methyl/N-ethyl adjacent to an activating group) is 1. The van der Waals surface area contributed by atoms with Crippen molar-refractivity contribution in [1.29, 1.82) is 0 Å². The van der Waals surface area contributed by atoms with E-state index in [9.17, 15) is 9.59 Å². The van der Waals surface area contributed by atoms with Crippen LogP contribution in [-0.2, 0) is 19.1 Å². The third-order valence-electron chi connectivity index (χ3n) is 4.50. The fourth-order valence-corrected chi connectivity index (χ4v) is 2.42. The summed E-state index contributed by atoms with van der Waals surface area (Å²) in [6.45, 7) is 10.1. The number of amides is 1. The average Bonchev–Trinajstić information content (AvgIpc) is 3.26. The summed E-state index contributed by atoms with van der Waals surface area (Å²) in [5.41, 5.74) is -0.116. The molecule has 0 aliphatic heterocycles. The zero-order chi connectivity index (χ0) is 16.8. The quantitative estimate of drug-likeness (QED) is 0.548. The maximum absolute atomic E-state index is 12.4. The van der Waals surface area contributed by atoms with E-state index in [1.807, 2.05) is 20.9 Å². The average molecular weight is 313 g/mol. The molecule has 0 bridgehead atoms. The van der Waals surface area contributed by atoms with Crippen molar-refractivity contribution in [3.63, 3.8) is 0 Å². The Morgan fingerprint density at radius 3 is 2.14 bits per heavy atom. The Bertz CT molecular complexity index is 375. The first-order chi connectivity index (χ1) is 10.3. The first-order valence-electron chi connectivity index (χ1n) is 8.25. The summed E-state index contributed by atoms with van der Waals surface area (Å²) in [5, 5.41) is 0. The molecular weight excluding hydrogens is 282 g/mol. The van der Waals surface area contributed by atoms with Gasteiger partial charge >= 0.3 is 0 Å². The minimum atomic E-state index is -0.116. The highest BCUT2D eigenvalue weighted by Crippen LogP contribution is 2.52. The van der Waals surface area contributed by atoms with Crippen LogP contribution in [0.25, 0.3) is 0 Å². The molecule has 1 rings (SSSR count). The number of Topliss-reactive ketones (excluding diaryl/α,β-unsaturated/α-hetero) is 1. The second-order valence-electron chi connectivity index (χ2n) is 6.82. The van der Waals surface area contributed by atoms with Crippen molar-refractivity contribution in [3.05, 3.63) is 0 Å². The number of carbonyl (C=O) groups excluding carboxylic acids is 2. The number of rotatable bonds is 11. The molecule has 1 aliphatic carbocycles. The topological polar surface area (TPSA) is 55.8 Å². The van der Waals surface area contributed by atoms with Crippen LogP contribution in [0.5, 0.6) is 0 Å². The van der Waals surface area contributed by atoms with Gasteiger partial charge in [0.1, 0.15) is 6.61 Å². The van der Waals surface area contributed by atoms with E-state index in [-0.39, 0.29) is 29.6 Å². The molecule has 0 heterocycles. The van der Waals surface area contributed by atoms with Gasteiger partial charge in [0.05, 0.1) is 25.2 Å². The number of ether oxygens (including phenoxy) is 2. The first-order valence-corrected chi connectivity index (χ1v) is 8.25. The van der Waals surface area contributed by atoms with Gasteiger partial charge in [-0.3, -0.25) is 9.59 Å². The Morgan fingerprint density at radius 1 is 1.05 bits per heavy atom. The van der Waals surface area contributed by atoms with Crippen LogP contribution in [0, 0.1) is 17.3 Å². The smallest absolute Gasteiger partial charge is 0.228 e. The highest BCUT2D eigenvalue weighted by atomic mass is 16.5. The maximum Gasteiger partial charge on any atom is 0.228 e.